The molecule has 1 aromatic heterocycles. The predicted octanol–water partition coefficient (Wildman–Crippen LogP) is 2.78. The summed E-state index contributed by atoms with van der Waals surface area (Å²) in [5, 5.41) is 7.56. The number of nitrogen functional groups attached to an aromatic ring is 1. The van der Waals surface area contributed by atoms with Gasteiger partial charge in [-0.15, -0.1) is 0 Å². The lowest BCUT2D eigenvalue weighted by atomic mass is 9.91. The van der Waals surface area contributed by atoms with Crippen LogP contribution in [0.2, 0.25) is 0 Å². The molecule has 9 nitrogen and oxygen atoms in total. The van der Waals surface area contributed by atoms with Gasteiger partial charge in [0, 0.05) is 25.6 Å². The molecule has 0 spiro atoms. The van der Waals surface area contributed by atoms with E-state index < -0.39 is 11.5 Å². The van der Waals surface area contributed by atoms with Crippen LogP contribution < -0.4 is 11.3 Å². The van der Waals surface area contributed by atoms with Crippen molar-refractivity contribution in [3.8, 4) is 0 Å². The van der Waals surface area contributed by atoms with Gasteiger partial charge in [-0.25, -0.2) is 9.78 Å². The zero-order chi connectivity index (χ0) is 27.0. The Bertz CT molecular complexity index is 1470. The number of nitrogens with one attached hydrogen (secondary N) is 1. The average Bonchev–Trinajstić information content (AvgIpc) is 3.73. The first-order valence-corrected chi connectivity index (χ1v) is 13.2. The van der Waals surface area contributed by atoms with Crippen molar-refractivity contribution in [2.45, 2.75) is 56.9 Å². The molecular weight excluding hydrogens is 482 g/mol. The van der Waals surface area contributed by atoms with Crippen molar-refractivity contribution < 1.29 is 14.3 Å². The van der Waals surface area contributed by atoms with Crippen molar-refractivity contribution >= 4 is 28.7 Å². The SMILES string of the molecule is CCOC(=O)C1CCCCN1C(=O)C1(c2ccc3c(c2)nc(Cc2ccc(C(=N)N)cc2)c(=O)n3C)CC1. The molecular formula is C29H33N5O4. The van der Waals surface area contributed by atoms with Gasteiger partial charge < -0.3 is 19.9 Å². The number of fused-ring (bicyclic) bond motifs is 1. The number of carbonyl (C=O) groups excluding carboxylic acids is 2. The Morgan fingerprint density at radius 3 is 2.55 bits per heavy atom. The number of carbonyl (C=O) groups is 2. The number of nitrogens with zero attached hydrogens (tertiary/aromatic N) is 3. The van der Waals surface area contributed by atoms with Crippen molar-refractivity contribution in [2.24, 2.45) is 12.8 Å². The van der Waals surface area contributed by atoms with Crippen molar-refractivity contribution in [1.29, 1.82) is 5.41 Å². The lowest BCUT2D eigenvalue weighted by molar-refractivity contribution is -0.157. The number of aromatic nitrogens is 2. The standard InChI is InChI=1S/C29H33N5O4/c1-3-38-27(36)24-6-4-5-15-34(24)28(37)29(13-14-29)20-11-12-23-21(17-20)32-22(26(35)33(23)2)16-18-7-9-19(10-8-18)25(30)31/h7-12,17,24H,3-6,13-16H2,1-2H3,(H3,30,31). The van der Waals surface area contributed by atoms with Gasteiger partial charge in [-0.1, -0.05) is 30.3 Å². The Hall–Kier alpha value is -4.01. The number of piperidine rings is 1. The topological polar surface area (TPSA) is 131 Å². The largest absolute Gasteiger partial charge is 0.464 e. The number of hydrogen-bond acceptors (Lipinski definition) is 6. The molecule has 3 N–H and O–H groups in total. The Labute approximate surface area is 221 Å². The Kier molecular flexibility index (Phi) is 6.77. The van der Waals surface area contributed by atoms with Gasteiger partial charge >= 0.3 is 5.97 Å². The highest BCUT2D eigenvalue weighted by molar-refractivity contribution is 5.96. The third-order valence-electron chi connectivity index (χ3n) is 7.81. The lowest BCUT2D eigenvalue weighted by Gasteiger charge is -2.36. The van der Waals surface area contributed by atoms with E-state index in [-0.39, 0.29) is 23.3 Å². The van der Waals surface area contributed by atoms with E-state index in [1.54, 1.807) is 35.6 Å². The minimum atomic E-state index is -0.671. The first-order chi connectivity index (χ1) is 18.2. The van der Waals surface area contributed by atoms with E-state index in [2.05, 4.69) is 0 Å². The minimum Gasteiger partial charge on any atom is -0.464 e. The molecule has 0 bridgehead atoms. The Balaban J connectivity index is 1.47. The van der Waals surface area contributed by atoms with Crippen LogP contribution in [0, 0.1) is 5.41 Å². The molecule has 2 heterocycles. The van der Waals surface area contributed by atoms with Gasteiger partial charge in [0.25, 0.3) is 5.56 Å². The highest BCUT2D eigenvalue weighted by Crippen LogP contribution is 2.50. The number of benzene rings is 2. The molecule has 38 heavy (non-hydrogen) atoms. The average molecular weight is 516 g/mol. The first kappa shape index (κ1) is 25.6. The fraction of sp³-hybridized carbons (Fsp3) is 0.414. The summed E-state index contributed by atoms with van der Waals surface area (Å²) in [6.45, 7) is 2.62. The lowest BCUT2D eigenvalue weighted by Crippen LogP contribution is -2.52. The smallest absolute Gasteiger partial charge is 0.328 e. The van der Waals surface area contributed by atoms with Crippen molar-refractivity contribution in [2.75, 3.05) is 13.2 Å². The molecule has 5 rings (SSSR count). The number of nitrogens with two attached hydrogens (primary N) is 1. The van der Waals surface area contributed by atoms with Gasteiger partial charge in [0.05, 0.1) is 23.1 Å². The summed E-state index contributed by atoms with van der Waals surface area (Å²) in [6, 6.07) is 12.4. The van der Waals surface area contributed by atoms with E-state index in [1.165, 1.54) is 0 Å². The van der Waals surface area contributed by atoms with Crippen LogP contribution in [0.5, 0.6) is 0 Å². The van der Waals surface area contributed by atoms with E-state index in [0.29, 0.717) is 61.1 Å². The summed E-state index contributed by atoms with van der Waals surface area (Å²) in [5.41, 5.74) is 8.83. The van der Waals surface area contributed by atoms with Gasteiger partial charge in [-0.3, -0.25) is 15.0 Å². The molecule has 0 radical (unpaired) electrons. The zero-order valence-corrected chi connectivity index (χ0v) is 21.8. The van der Waals surface area contributed by atoms with Crippen LogP contribution in [0.25, 0.3) is 11.0 Å². The molecule has 3 aromatic rings. The van der Waals surface area contributed by atoms with Crippen LogP contribution >= 0.6 is 0 Å². The molecule has 1 saturated heterocycles. The van der Waals surface area contributed by atoms with E-state index in [4.69, 9.17) is 20.9 Å². The first-order valence-electron chi connectivity index (χ1n) is 13.2. The quantitative estimate of drug-likeness (QED) is 0.283. The van der Waals surface area contributed by atoms with Gasteiger partial charge in [-0.2, -0.15) is 0 Å². The molecule has 2 aromatic carbocycles. The molecule has 1 aliphatic carbocycles. The number of amidine groups is 1. The predicted molar refractivity (Wildman–Crippen MR) is 144 cm³/mol. The summed E-state index contributed by atoms with van der Waals surface area (Å²) in [5.74, 6) is -0.358. The van der Waals surface area contributed by atoms with Crippen LogP contribution in [0.4, 0.5) is 0 Å². The second-order valence-corrected chi connectivity index (χ2v) is 10.3. The highest BCUT2D eigenvalue weighted by atomic mass is 16.5. The molecule has 9 heteroatoms. The summed E-state index contributed by atoms with van der Waals surface area (Å²) < 4.78 is 6.86. The van der Waals surface area contributed by atoms with Crippen molar-refractivity contribution in [3.63, 3.8) is 0 Å². The second kappa shape index (κ2) is 10.0. The second-order valence-electron chi connectivity index (χ2n) is 10.3. The van der Waals surface area contributed by atoms with Crippen LogP contribution in [-0.2, 0) is 33.2 Å². The minimum absolute atomic E-state index is 0.00879. The number of amides is 1. The van der Waals surface area contributed by atoms with Gasteiger partial charge in [0.2, 0.25) is 5.91 Å². The number of aryl methyl sites for hydroxylation is 1. The number of rotatable bonds is 7. The van der Waals surface area contributed by atoms with Crippen LogP contribution in [0.1, 0.15) is 61.4 Å². The molecule has 1 saturated carbocycles. The zero-order valence-electron chi connectivity index (χ0n) is 21.8. The number of ether oxygens (including phenoxy) is 1. The summed E-state index contributed by atoms with van der Waals surface area (Å²) in [6.07, 6.45) is 4.15. The van der Waals surface area contributed by atoms with E-state index in [1.807, 2.05) is 30.3 Å². The maximum Gasteiger partial charge on any atom is 0.328 e. The summed E-state index contributed by atoms with van der Waals surface area (Å²) in [4.78, 5) is 46.0. The molecule has 1 amide bonds. The van der Waals surface area contributed by atoms with Crippen LogP contribution in [-0.4, -0.2) is 51.4 Å². The third kappa shape index (κ3) is 4.57. The maximum absolute atomic E-state index is 13.9. The van der Waals surface area contributed by atoms with E-state index in [0.717, 1.165) is 24.0 Å². The third-order valence-corrected chi connectivity index (χ3v) is 7.81. The monoisotopic (exact) mass is 515 g/mol. The highest BCUT2D eigenvalue weighted by Gasteiger charge is 2.55. The molecule has 1 atom stereocenters. The fourth-order valence-corrected chi connectivity index (χ4v) is 5.49. The number of likely N-dealkylation sites (tertiary alicyclic amines) is 1. The van der Waals surface area contributed by atoms with E-state index >= 15 is 0 Å². The molecule has 2 fully saturated rings. The number of hydrogen-bond donors (Lipinski definition) is 2. The van der Waals surface area contributed by atoms with E-state index in [9.17, 15) is 14.4 Å². The maximum atomic E-state index is 13.9. The Morgan fingerprint density at radius 2 is 1.89 bits per heavy atom. The molecule has 198 valence electrons. The molecule has 1 aliphatic heterocycles. The van der Waals surface area contributed by atoms with Gasteiger partial charge in [0.1, 0.15) is 17.6 Å². The molecule has 1 unspecified atom stereocenters. The normalized spacial score (nSPS) is 18.3. The molecule has 2 aliphatic rings. The fourth-order valence-electron chi connectivity index (χ4n) is 5.49. The summed E-state index contributed by atoms with van der Waals surface area (Å²) in [7, 11) is 1.73. The van der Waals surface area contributed by atoms with Crippen LogP contribution in [0.15, 0.2) is 47.3 Å². The van der Waals surface area contributed by atoms with Gasteiger partial charge in [-0.05, 0) is 62.3 Å². The van der Waals surface area contributed by atoms with Gasteiger partial charge in [0.15, 0.2) is 0 Å². The van der Waals surface area contributed by atoms with Crippen LogP contribution in [0.3, 0.4) is 0 Å². The Morgan fingerprint density at radius 1 is 1.16 bits per heavy atom. The van der Waals surface area contributed by atoms with Crippen molar-refractivity contribution in [1.82, 2.24) is 14.5 Å². The van der Waals surface area contributed by atoms with Crippen molar-refractivity contribution in [3.05, 3.63) is 75.2 Å². The number of esters is 1. The summed E-state index contributed by atoms with van der Waals surface area (Å²) >= 11 is 0.